The highest BCUT2D eigenvalue weighted by molar-refractivity contribution is 7.52. The van der Waals surface area contributed by atoms with E-state index in [9.17, 15) is 14.5 Å². The van der Waals surface area contributed by atoms with Gasteiger partial charge >= 0.3 is 13.7 Å². The Bertz CT molecular complexity index is 1330. The van der Waals surface area contributed by atoms with Gasteiger partial charge in [-0.2, -0.15) is 15.1 Å². The molecule has 2 aromatic heterocycles. The fourth-order valence-corrected chi connectivity index (χ4v) is 5.53. The molecule has 204 valence electrons. The van der Waals surface area contributed by atoms with Gasteiger partial charge in [0.15, 0.2) is 17.0 Å². The number of hydrogen-bond acceptors (Lipinski definition) is 10. The van der Waals surface area contributed by atoms with E-state index in [1.165, 1.54) is 6.92 Å². The fourth-order valence-electron chi connectivity index (χ4n) is 3.98. The molecule has 2 heterocycles. The van der Waals surface area contributed by atoms with E-state index >= 15 is 0 Å². The van der Waals surface area contributed by atoms with Crippen LogP contribution in [0.2, 0.25) is 0 Å². The number of allylic oxidation sites excluding steroid dienone is 1. The van der Waals surface area contributed by atoms with E-state index in [-0.39, 0.29) is 24.5 Å². The van der Waals surface area contributed by atoms with Crippen LogP contribution in [0.15, 0.2) is 48.8 Å². The number of benzene rings is 1. The van der Waals surface area contributed by atoms with Gasteiger partial charge in [-0.3, -0.25) is 9.32 Å². The summed E-state index contributed by atoms with van der Waals surface area (Å²) >= 11 is 0. The first kappa shape index (κ1) is 27.5. The molecule has 4 rings (SSSR count). The Morgan fingerprint density at radius 3 is 2.76 bits per heavy atom. The summed E-state index contributed by atoms with van der Waals surface area (Å²) in [6.07, 6.45) is 6.29. The minimum absolute atomic E-state index is 0.0531. The number of para-hydroxylation sites is 1. The maximum Gasteiger partial charge on any atom is 0.459 e. The number of nitrogens with two attached hydrogens (primary N) is 1. The molecule has 0 amide bonds. The zero-order chi connectivity index (χ0) is 27.3. The third-order valence-electron chi connectivity index (χ3n) is 5.95. The topological polar surface area (TPSA) is 170 Å². The first-order chi connectivity index (χ1) is 18.1. The van der Waals surface area contributed by atoms with E-state index in [2.05, 4.69) is 30.3 Å². The standard InChI is InChI=1S/C24H33N8O5P/c1-16(23(33)34)30-38(35,37-19-7-5-4-6-8-19)36-14-17-9-10-18(13-17)32-15-27-20-21(26-11-12-31(2)3)28-24(25)29-22(20)32/h4-10,15-18H,11-14H2,1-3H3,(H,30,35)(H,33,34)(H3,25,26,28,29)/t16-,17+,18-,38+/m0/s1. The third kappa shape index (κ3) is 6.87. The average molecular weight is 545 g/mol. The first-order valence-corrected chi connectivity index (χ1v) is 13.7. The summed E-state index contributed by atoms with van der Waals surface area (Å²) in [5.41, 5.74) is 7.22. The highest BCUT2D eigenvalue weighted by Gasteiger charge is 2.33. The lowest BCUT2D eigenvalue weighted by atomic mass is 10.1. The molecule has 38 heavy (non-hydrogen) atoms. The summed E-state index contributed by atoms with van der Waals surface area (Å²) in [7, 11) is -0.00959. The van der Waals surface area contributed by atoms with Crippen LogP contribution in [0.3, 0.4) is 0 Å². The zero-order valence-corrected chi connectivity index (χ0v) is 22.4. The van der Waals surface area contributed by atoms with Gasteiger partial charge in [0.1, 0.15) is 11.8 Å². The zero-order valence-electron chi connectivity index (χ0n) is 21.5. The van der Waals surface area contributed by atoms with Gasteiger partial charge in [-0.25, -0.2) is 9.55 Å². The Balaban J connectivity index is 1.44. The predicted octanol–water partition coefficient (Wildman–Crippen LogP) is 2.77. The van der Waals surface area contributed by atoms with E-state index in [4.69, 9.17) is 14.8 Å². The number of hydrogen-bond donors (Lipinski definition) is 4. The third-order valence-corrected chi connectivity index (χ3v) is 7.59. The maximum atomic E-state index is 13.4. The van der Waals surface area contributed by atoms with Crippen LogP contribution in [-0.4, -0.2) is 75.3 Å². The highest BCUT2D eigenvalue weighted by atomic mass is 31.2. The van der Waals surface area contributed by atoms with E-state index in [0.717, 1.165) is 6.54 Å². The summed E-state index contributed by atoms with van der Waals surface area (Å²) < 4.78 is 26.7. The number of rotatable bonds is 13. The van der Waals surface area contributed by atoms with Crippen molar-refractivity contribution in [2.24, 2.45) is 5.92 Å². The van der Waals surface area contributed by atoms with Gasteiger partial charge in [-0.1, -0.05) is 30.4 Å². The number of nitrogens with one attached hydrogen (secondary N) is 2. The van der Waals surface area contributed by atoms with Crippen LogP contribution in [0.5, 0.6) is 5.75 Å². The molecular formula is C24H33N8O5P. The van der Waals surface area contributed by atoms with E-state index < -0.39 is 19.8 Å². The smallest absolute Gasteiger partial charge is 0.459 e. The lowest BCUT2D eigenvalue weighted by Gasteiger charge is -2.23. The molecule has 0 fully saturated rings. The summed E-state index contributed by atoms with van der Waals surface area (Å²) in [6.45, 7) is 2.92. The van der Waals surface area contributed by atoms with Gasteiger partial charge < -0.3 is 30.1 Å². The first-order valence-electron chi connectivity index (χ1n) is 12.2. The molecule has 0 saturated heterocycles. The van der Waals surface area contributed by atoms with Crippen molar-refractivity contribution in [3.63, 3.8) is 0 Å². The van der Waals surface area contributed by atoms with Crippen LogP contribution >= 0.6 is 7.75 Å². The molecule has 0 unspecified atom stereocenters. The number of imidazole rings is 1. The van der Waals surface area contributed by atoms with Gasteiger partial charge in [-0.15, -0.1) is 0 Å². The van der Waals surface area contributed by atoms with Gasteiger partial charge in [-0.05, 0) is 39.6 Å². The van der Waals surface area contributed by atoms with Crippen LogP contribution in [0.4, 0.5) is 11.8 Å². The van der Waals surface area contributed by atoms with Crippen LogP contribution in [0.1, 0.15) is 19.4 Å². The van der Waals surface area contributed by atoms with Crippen molar-refractivity contribution in [3.05, 3.63) is 48.8 Å². The maximum absolute atomic E-state index is 13.4. The number of likely N-dealkylation sites (N-methyl/N-ethyl adjacent to an activating group) is 1. The van der Waals surface area contributed by atoms with E-state index in [0.29, 0.717) is 35.7 Å². The quantitative estimate of drug-likeness (QED) is 0.184. The summed E-state index contributed by atoms with van der Waals surface area (Å²) in [4.78, 5) is 26.7. The molecule has 5 N–H and O–H groups in total. The van der Waals surface area contributed by atoms with Crippen molar-refractivity contribution in [2.75, 3.05) is 44.8 Å². The molecule has 0 radical (unpaired) electrons. The van der Waals surface area contributed by atoms with Crippen molar-refractivity contribution in [1.29, 1.82) is 0 Å². The van der Waals surface area contributed by atoms with Crippen molar-refractivity contribution in [3.8, 4) is 5.75 Å². The molecule has 1 aromatic carbocycles. The number of carbonyl (C=O) groups is 1. The largest absolute Gasteiger partial charge is 0.480 e. The normalized spacial score (nSPS) is 19.5. The van der Waals surface area contributed by atoms with Crippen LogP contribution in [0, 0.1) is 5.92 Å². The Morgan fingerprint density at radius 2 is 2.05 bits per heavy atom. The molecule has 1 aliphatic rings. The number of nitrogens with zero attached hydrogens (tertiary/aromatic N) is 5. The molecule has 3 aromatic rings. The number of carboxylic acids is 1. The van der Waals surface area contributed by atoms with Gasteiger partial charge in [0, 0.05) is 19.0 Å². The molecule has 13 nitrogen and oxygen atoms in total. The SMILES string of the molecule is C[C@H](N[P@@](=O)(OC[C@@H]1C=C[C@H](n2cnc3c(NCCN(C)C)nc(N)nc32)C1)Oc1ccccc1)C(=O)O. The predicted molar refractivity (Wildman–Crippen MR) is 144 cm³/mol. The van der Waals surface area contributed by atoms with Gasteiger partial charge in [0.25, 0.3) is 0 Å². The molecule has 1 aliphatic carbocycles. The van der Waals surface area contributed by atoms with Crippen molar-refractivity contribution >= 4 is 36.6 Å². The molecule has 14 heteroatoms. The van der Waals surface area contributed by atoms with Crippen molar-refractivity contribution in [1.82, 2.24) is 29.5 Å². The number of fused-ring (bicyclic) bond motifs is 1. The van der Waals surface area contributed by atoms with Crippen LogP contribution in [0.25, 0.3) is 11.2 Å². The Hall–Kier alpha value is -3.51. The highest BCUT2D eigenvalue weighted by Crippen LogP contribution is 2.46. The monoisotopic (exact) mass is 544 g/mol. The minimum Gasteiger partial charge on any atom is -0.480 e. The van der Waals surface area contributed by atoms with Gasteiger partial charge in [0.05, 0.1) is 19.0 Å². The number of carboxylic acid groups (broad SMARTS) is 1. The second-order valence-electron chi connectivity index (χ2n) is 9.32. The Labute approximate surface area is 220 Å². The van der Waals surface area contributed by atoms with Crippen molar-refractivity contribution in [2.45, 2.75) is 25.4 Å². The Morgan fingerprint density at radius 1 is 1.29 bits per heavy atom. The minimum atomic E-state index is -3.99. The number of aromatic nitrogens is 4. The second-order valence-corrected chi connectivity index (χ2v) is 11.0. The number of nitrogen functional groups attached to an aromatic ring is 1. The number of aliphatic carboxylic acids is 1. The van der Waals surface area contributed by atoms with E-state index in [1.54, 1.807) is 36.7 Å². The Kier molecular flexibility index (Phi) is 8.62. The summed E-state index contributed by atoms with van der Waals surface area (Å²) in [5, 5.41) is 15.1. The molecule has 4 atom stereocenters. The average Bonchev–Trinajstić information content (AvgIpc) is 3.50. The number of anilines is 2. The molecule has 0 bridgehead atoms. The molecule has 0 spiro atoms. The lowest BCUT2D eigenvalue weighted by molar-refractivity contribution is -0.138. The summed E-state index contributed by atoms with van der Waals surface area (Å²) in [5.74, 6) is -0.254. The van der Waals surface area contributed by atoms with Crippen molar-refractivity contribution < 1.29 is 23.5 Å². The second kappa shape index (κ2) is 11.9. The van der Waals surface area contributed by atoms with Gasteiger partial charge in [0.2, 0.25) is 5.95 Å². The summed E-state index contributed by atoms with van der Waals surface area (Å²) in [6, 6.07) is 7.25. The molecule has 0 saturated carbocycles. The van der Waals surface area contributed by atoms with Crippen LogP contribution < -0.4 is 20.7 Å². The van der Waals surface area contributed by atoms with Crippen LogP contribution in [-0.2, 0) is 13.9 Å². The van der Waals surface area contributed by atoms with E-state index in [1.807, 2.05) is 30.8 Å². The molecule has 0 aliphatic heterocycles. The fraction of sp³-hybridized carbons (Fsp3) is 0.417. The lowest BCUT2D eigenvalue weighted by Crippen LogP contribution is -2.33. The molecular weight excluding hydrogens is 511 g/mol.